The highest BCUT2D eigenvalue weighted by Gasteiger charge is 2.31. The van der Waals surface area contributed by atoms with E-state index in [0.29, 0.717) is 10.8 Å². The Balaban J connectivity index is 1.66. The van der Waals surface area contributed by atoms with Gasteiger partial charge in [0, 0.05) is 29.2 Å². The van der Waals surface area contributed by atoms with Crippen LogP contribution >= 0.6 is 11.6 Å². The molecular weight excluding hydrogens is 438 g/mol. The lowest BCUT2D eigenvalue weighted by molar-refractivity contribution is -0.132. The number of benzene rings is 2. The standard InChI is InChI=1S/C25H26ClN5O2/c1-16-28-29-25-21(15-23(32)30-12-4-3-5-13-30)27-24(17-6-8-18(26)9-7-17)20-14-19(33-2)10-11-22(20)31(16)25/h6-11,14,21H,3-5,12-13,15H2,1-2H3. The largest absolute Gasteiger partial charge is 0.497 e. The summed E-state index contributed by atoms with van der Waals surface area (Å²) >= 11 is 6.16. The molecule has 1 fully saturated rings. The van der Waals surface area contributed by atoms with E-state index in [4.69, 9.17) is 21.3 Å². The summed E-state index contributed by atoms with van der Waals surface area (Å²) in [7, 11) is 1.65. The lowest BCUT2D eigenvalue weighted by atomic mass is 10.00. The Labute approximate surface area is 198 Å². The summed E-state index contributed by atoms with van der Waals surface area (Å²) in [5.74, 6) is 2.26. The van der Waals surface area contributed by atoms with Crippen molar-refractivity contribution in [2.24, 2.45) is 4.99 Å². The van der Waals surface area contributed by atoms with Crippen molar-refractivity contribution in [3.63, 3.8) is 0 Å². The first-order valence-electron chi connectivity index (χ1n) is 11.3. The van der Waals surface area contributed by atoms with Crippen LogP contribution in [0.2, 0.25) is 5.02 Å². The van der Waals surface area contributed by atoms with E-state index in [1.165, 1.54) is 6.42 Å². The number of hydrogen-bond donors (Lipinski definition) is 0. The maximum Gasteiger partial charge on any atom is 0.225 e. The number of likely N-dealkylation sites (tertiary alicyclic amines) is 1. The monoisotopic (exact) mass is 463 g/mol. The molecule has 2 aliphatic rings. The third-order valence-corrected chi connectivity index (χ3v) is 6.58. The molecule has 0 aliphatic carbocycles. The van der Waals surface area contributed by atoms with Gasteiger partial charge in [0.2, 0.25) is 5.91 Å². The second-order valence-corrected chi connectivity index (χ2v) is 8.91. The second kappa shape index (κ2) is 8.98. The molecule has 1 aromatic heterocycles. The summed E-state index contributed by atoms with van der Waals surface area (Å²) in [5.41, 5.74) is 3.51. The van der Waals surface area contributed by atoms with Crippen molar-refractivity contribution in [2.75, 3.05) is 20.2 Å². The summed E-state index contributed by atoms with van der Waals surface area (Å²) in [4.78, 5) is 20.3. The molecule has 0 N–H and O–H groups in total. The van der Waals surface area contributed by atoms with Crippen LogP contribution in [0.5, 0.6) is 5.75 Å². The first kappa shape index (κ1) is 21.6. The van der Waals surface area contributed by atoms with Crippen molar-refractivity contribution >= 4 is 23.2 Å². The third-order valence-electron chi connectivity index (χ3n) is 6.33. The predicted octanol–water partition coefficient (Wildman–Crippen LogP) is 4.53. The SMILES string of the molecule is COc1ccc2c(c1)C(c1ccc(Cl)cc1)=NC(CC(=O)N1CCCCC1)c1nnc(C)n1-2. The molecule has 2 aliphatic heterocycles. The molecule has 3 heterocycles. The van der Waals surface area contributed by atoms with Crippen LogP contribution < -0.4 is 4.74 Å². The van der Waals surface area contributed by atoms with Crippen LogP contribution in [-0.2, 0) is 4.79 Å². The minimum Gasteiger partial charge on any atom is -0.497 e. The number of fused-ring (bicyclic) bond motifs is 3. The summed E-state index contributed by atoms with van der Waals surface area (Å²) < 4.78 is 7.53. The van der Waals surface area contributed by atoms with Gasteiger partial charge in [-0.15, -0.1) is 10.2 Å². The Hall–Kier alpha value is -3.19. The molecule has 8 heteroatoms. The minimum absolute atomic E-state index is 0.106. The van der Waals surface area contributed by atoms with E-state index in [-0.39, 0.29) is 12.3 Å². The topological polar surface area (TPSA) is 72.6 Å². The van der Waals surface area contributed by atoms with E-state index < -0.39 is 6.04 Å². The van der Waals surface area contributed by atoms with Gasteiger partial charge in [-0.25, -0.2) is 0 Å². The highest BCUT2D eigenvalue weighted by atomic mass is 35.5. The smallest absolute Gasteiger partial charge is 0.225 e. The number of piperidine rings is 1. The predicted molar refractivity (Wildman–Crippen MR) is 128 cm³/mol. The van der Waals surface area contributed by atoms with E-state index in [0.717, 1.165) is 60.0 Å². The van der Waals surface area contributed by atoms with Gasteiger partial charge < -0.3 is 9.64 Å². The van der Waals surface area contributed by atoms with Gasteiger partial charge in [-0.2, -0.15) is 0 Å². The number of carbonyl (C=O) groups is 1. The number of aromatic nitrogens is 3. The van der Waals surface area contributed by atoms with Gasteiger partial charge in [0.05, 0.1) is 24.9 Å². The normalized spacial score (nSPS) is 17.6. The fourth-order valence-electron chi connectivity index (χ4n) is 4.61. The Morgan fingerprint density at radius 2 is 1.85 bits per heavy atom. The van der Waals surface area contributed by atoms with Crippen LogP contribution in [0.15, 0.2) is 47.5 Å². The van der Waals surface area contributed by atoms with Gasteiger partial charge in [0.15, 0.2) is 5.82 Å². The average Bonchev–Trinajstić information content (AvgIpc) is 3.17. The number of halogens is 1. The van der Waals surface area contributed by atoms with Crippen molar-refractivity contribution in [3.05, 3.63) is 70.3 Å². The van der Waals surface area contributed by atoms with E-state index in [9.17, 15) is 4.79 Å². The maximum absolute atomic E-state index is 13.2. The number of methoxy groups -OCH3 is 1. The molecule has 170 valence electrons. The molecule has 0 radical (unpaired) electrons. The second-order valence-electron chi connectivity index (χ2n) is 8.47. The molecule has 1 atom stereocenters. The summed E-state index contributed by atoms with van der Waals surface area (Å²) in [6, 6.07) is 13.0. The zero-order valence-electron chi connectivity index (χ0n) is 18.8. The van der Waals surface area contributed by atoms with Gasteiger partial charge in [0.1, 0.15) is 17.6 Å². The van der Waals surface area contributed by atoms with Crippen LogP contribution in [-0.4, -0.2) is 51.5 Å². The van der Waals surface area contributed by atoms with Crippen molar-refractivity contribution in [1.82, 2.24) is 19.7 Å². The highest BCUT2D eigenvalue weighted by molar-refractivity contribution is 6.30. The fraction of sp³-hybridized carbons (Fsp3) is 0.360. The Morgan fingerprint density at radius 3 is 2.58 bits per heavy atom. The Morgan fingerprint density at radius 1 is 1.09 bits per heavy atom. The lowest BCUT2D eigenvalue weighted by Gasteiger charge is -2.27. The zero-order valence-corrected chi connectivity index (χ0v) is 19.5. The van der Waals surface area contributed by atoms with Gasteiger partial charge in [0.25, 0.3) is 0 Å². The number of aryl methyl sites for hydroxylation is 1. The fourth-order valence-corrected chi connectivity index (χ4v) is 4.74. The van der Waals surface area contributed by atoms with Gasteiger partial charge in [-0.05, 0) is 56.5 Å². The molecular formula is C25H26ClN5O2. The quantitative estimate of drug-likeness (QED) is 0.569. The number of carbonyl (C=O) groups excluding carboxylic acids is 1. The molecule has 0 saturated carbocycles. The van der Waals surface area contributed by atoms with Crippen molar-refractivity contribution in [1.29, 1.82) is 0 Å². The molecule has 2 aromatic carbocycles. The van der Waals surface area contributed by atoms with Crippen LogP contribution in [0.1, 0.15) is 54.5 Å². The summed E-state index contributed by atoms with van der Waals surface area (Å²) in [6.45, 7) is 3.53. The molecule has 0 spiro atoms. The van der Waals surface area contributed by atoms with Crippen molar-refractivity contribution in [3.8, 4) is 11.4 Å². The number of amides is 1. The van der Waals surface area contributed by atoms with Crippen LogP contribution in [0.25, 0.3) is 5.69 Å². The van der Waals surface area contributed by atoms with E-state index in [1.54, 1.807) is 7.11 Å². The van der Waals surface area contributed by atoms with E-state index >= 15 is 0 Å². The summed E-state index contributed by atoms with van der Waals surface area (Å²) in [6.07, 6.45) is 3.53. The first-order valence-corrected chi connectivity index (χ1v) is 11.6. The van der Waals surface area contributed by atoms with Crippen LogP contribution in [0.3, 0.4) is 0 Å². The number of nitrogens with zero attached hydrogens (tertiary/aromatic N) is 5. The molecule has 1 amide bonds. The molecule has 1 saturated heterocycles. The average molecular weight is 464 g/mol. The van der Waals surface area contributed by atoms with Crippen LogP contribution in [0, 0.1) is 6.92 Å². The zero-order chi connectivity index (χ0) is 22.9. The minimum atomic E-state index is -0.454. The lowest BCUT2D eigenvalue weighted by Crippen LogP contribution is -2.36. The Bertz CT molecular complexity index is 1210. The number of hydrogen-bond acceptors (Lipinski definition) is 5. The van der Waals surface area contributed by atoms with Gasteiger partial charge >= 0.3 is 0 Å². The van der Waals surface area contributed by atoms with E-state index in [1.807, 2.05) is 58.9 Å². The first-order chi connectivity index (χ1) is 16.0. The van der Waals surface area contributed by atoms with Gasteiger partial charge in [-0.1, -0.05) is 23.7 Å². The van der Waals surface area contributed by atoms with Crippen molar-refractivity contribution in [2.45, 2.75) is 38.6 Å². The van der Waals surface area contributed by atoms with Crippen LogP contribution in [0.4, 0.5) is 0 Å². The molecule has 3 aromatic rings. The Kier molecular flexibility index (Phi) is 5.89. The molecule has 5 rings (SSSR count). The van der Waals surface area contributed by atoms with E-state index in [2.05, 4.69) is 10.2 Å². The summed E-state index contributed by atoms with van der Waals surface area (Å²) in [5, 5.41) is 9.45. The number of rotatable bonds is 4. The van der Waals surface area contributed by atoms with Gasteiger partial charge in [-0.3, -0.25) is 14.4 Å². The maximum atomic E-state index is 13.2. The molecule has 0 bridgehead atoms. The number of aliphatic imine (C=N–C) groups is 1. The molecule has 1 unspecified atom stereocenters. The van der Waals surface area contributed by atoms with Crippen molar-refractivity contribution < 1.29 is 9.53 Å². The third kappa shape index (κ3) is 4.13. The molecule has 33 heavy (non-hydrogen) atoms. The molecule has 7 nitrogen and oxygen atoms in total. The highest BCUT2D eigenvalue weighted by Crippen LogP contribution is 2.35. The number of ether oxygens (including phenoxy) is 1.